The van der Waals surface area contributed by atoms with E-state index >= 15 is 0 Å². The van der Waals surface area contributed by atoms with Gasteiger partial charge in [0.05, 0.1) is 17.1 Å². The molecule has 1 aliphatic carbocycles. The highest BCUT2D eigenvalue weighted by Gasteiger charge is 2.45. The Morgan fingerprint density at radius 3 is 2.67 bits per heavy atom. The van der Waals surface area contributed by atoms with Crippen molar-refractivity contribution in [3.63, 3.8) is 0 Å². The van der Waals surface area contributed by atoms with Crippen LogP contribution < -0.4 is 5.32 Å². The molecule has 1 saturated carbocycles. The van der Waals surface area contributed by atoms with Crippen molar-refractivity contribution in [1.29, 1.82) is 0 Å². The molecule has 1 aliphatic rings. The highest BCUT2D eigenvalue weighted by Crippen LogP contribution is 2.33. The molecule has 1 amide bonds. The molecule has 1 heterocycles. The number of hydrogen-bond acceptors (Lipinski definition) is 4. The number of nitrogens with zero attached hydrogens (tertiary/aromatic N) is 1. The smallest absolute Gasteiger partial charge is 0.329 e. The first-order valence-electron chi connectivity index (χ1n) is 7.34. The monoisotopic (exact) mass is 384 g/mol. The van der Waals surface area contributed by atoms with Gasteiger partial charge in [-0.15, -0.1) is 11.3 Å². The topological polar surface area (TPSA) is 79.3 Å². The largest absolute Gasteiger partial charge is 0.480 e. The minimum Gasteiger partial charge on any atom is -0.480 e. The maximum absolute atomic E-state index is 12.1. The van der Waals surface area contributed by atoms with Gasteiger partial charge >= 0.3 is 5.97 Å². The number of halogens is 2. The molecule has 0 radical (unpaired) electrons. The van der Waals surface area contributed by atoms with Crippen molar-refractivity contribution in [2.75, 3.05) is 0 Å². The van der Waals surface area contributed by atoms with Crippen molar-refractivity contribution >= 4 is 46.4 Å². The van der Waals surface area contributed by atoms with E-state index in [-0.39, 0.29) is 12.3 Å². The lowest BCUT2D eigenvalue weighted by atomic mass is 9.76. The molecule has 1 aromatic carbocycles. The Balaban J connectivity index is 1.70. The lowest BCUT2D eigenvalue weighted by molar-refractivity contribution is -0.151. The normalized spacial score (nSPS) is 15.6. The molecule has 2 N–H and O–H groups in total. The number of amides is 1. The maximum atomic E-state index is 12.1. The number of carboxylic acid groups (broad SMARTS) is 1. The van der Waals surface area contributed by atoms with E-state index < -0.39 is 11.5 Å². The number of aliphatic carboxylic acids is 1. The summed E-state index contributed by atoms with van der Waals surface area (Å²) < 4.78 is 0. The van der Waals surface area contributed by atoms with Crippen LogP contribution in [0.4, 0.5) is 0 Å². The van der Waals surface area contributed by atoms with Gasteiger partial charge in [0.25, 0.3) is 0 Å². The first-order valence-corrected chi connectivity index (χ1v) is 8.97. The first kappa shape index (κ1) is 17.2. The van der Waals surface area contributed by atoms with E-state index in [2.05, 4.69) is 10.3 Å². The predicted octanol–water partition coefficient (Wildman–Crippen LogP) is 3.78. The number of benzene rings is 1. The minimum atomic E-state index is -1.10. The Morgan fingerprint density at radius 1 is 1.33 bits per heavy atom. The number of aromatic nitrogens is 1. The van der Waals surface area contributed by atoms with Crippen LogP contribution in [0.3, 0.4) is 0 Å². The average Bonchev–Trinajstić information content (AvgIpc) is 2.90. The summed E-state index contributed by atoms with van der Waals surface area (Å²) in [6.45, 7) is 0. The fourth-order valence-corrected chi connectivity index (χ4v) is 3.99. The predicted molar refractivity (Wildman–Crippen MR) is 93.6 cm³/mol. The Bertz CT molecular complexity index is 802. The van der Waals surface area contributed by atoms with Crippen LogP contribution in [0.5, 0.6) is 0 Å². The summed E-state index contributed by atoms with van der Waals surface area (Å²) in [5, 5.41) is 15.4. The van der Waals surface area contributed by atoms with Crippen LogP contribution in [-0.4, -0.2) is 27.5 Å². The first-order chi connectivity index (χ1) is 11.4. The van der Waals surface area contributed by atoms with Gasteiger partial charge in [-0.3, -0.25) is 4.79 Å². The van der Waals surface area contributed by atoms with Crippen LogP contribution in [0, 0.1) is 0 Å². The van der Waals surface area contributed by atoms with Crippen molar-refractivity contribution in [2.24, 2.45) is 0 Å². The zero-order valence-corrected chi connectivity index (χ0v) is 14.8. The molecule has 0 spiro atoms. The van der Waals surface area contributed by atoms with E-state index in [0.29, 0.717) is 33.6 Å². The van der Waals surface area contributed by atoms with Crippen LogP contribution in [0.25, 0.3) is 10.6 Å². The standard InChI is InChI=1S/C16H14Cl2N2O3S/c17-9-2-3-11(12(18)6-9)14-19-10(8-24-14)7-13(21)20-16(15(22)23)4-1-5-16/h2-3,6,8H,1,4-5,7H2,(H,20,21)(H,22,23). The molecule has 126 valence electrons. The van der Waals surface area contributed by atoms with Gasteiger partial charge in [-0.2, -0.15) is 0 Å². The van der Waals surface area contributed by atoms with Gasteiger partial charge in [0.15, 0.2) is 0 Å². The summed E-state index contributed by atoms with van der Waals surface area (Å²) in [6, 6.07) is 5.14. The number of nitrogens with one attached hydrogen (secondary N) is 1. The maximum Gasteiger partial charge on any atom is 0.329 e. The lowest BCUT2D eigenvalue weighted by Gasteiger charge is -2.38. The molecular formula is C16H14Cl2N2O3S. The van der Waals surface area contributed by atoms with Crippen LogP contribution in [0.2, 0.25) is 10.0 Å². The lowest BCUT2D eigenvalue weighted by Crippen LogP contribution is -2.59. The third-order valence-electron chi connectivity index (χ3n) is 4.05. The summed E-state index contributed by atoms with van der Waals surface area (Å²) >= 11 is 13.4. The number of carbonyl (C=O) groups excluding carboxylic acids is 1. The number of hydrogen-bond donors (Lipinski definition) is 2. The van der Waals surface area contributed by atoms with Gasteiger partial charge in [-0.1, -0.05) is 23.2 Å². The van der Waals surface area contributed by atoms with Crippen LogP contribution in [0.15, 0.2) is 23.6 Å². The van der Waals surface area contributed by atoms with Gasteiger partial charge in [-0.05, 0) is 37.5 Å². The zero-order chi connectivity index (χ0) is 17.3. The minimum absolute atomic E-state index is 0.0384. The summed E-state index contributed by atoms with van der Waals surface area (Å²) in [5.41, 5.74) is 0.229. The fourth-order valence-electron chi connectivity index (χ4n) is 2.57. The van der Waals surface area contributed by atoms with Gasteiger partial charge in [-0.25, -0.2) is 9.78 Å². The summed E-state index contributed by atoms with van der Waals surface area (Å²) in [6.07, 6.45) is 1.78. The Hall–Kier alpha value is -1.63. The molecule has 0 unspecified atom stereocenters. The fraction of sp³-hybridized carbons (Fsp3) is 0.312. The van der Waals surface area contributed by atoms with Gasteiger partial charge in [0.1, 0.15) is 10.5 Å². The van der Waals surface area contributed by atoms with E-state index in [9.17, 15) is 14.7 Å². The van der Waals surface area contributed by atoms with Crippen molar-refractivity contribution in [3.8, 4) is 10.6 Å². The Kier molecular flexibility index (Phi) is 4.80. The van der Waals surface area contributed by atoms with E-state index in [1.807, 2.05) is 0 Å². The second-order valence-electron chi connectivity index (χ2n) is 5.73. The van der Waals surface area contributed by atoms with Crippen molar-refractivity contribution in [1.82, 2.24) is 10.3 Å². The third-order valence-corrected chi connectivity index (χ3v) is 5.52. The molecule has 0 atom stereocenters. The summed E-state index contributed by atoms with van der Waals surface area (Å²) in [7, 11) is 0. The third kappa shape index (κ3) is 3.41. The SMILES string of the molecule is O=C(Cc1csc(-c2ccc(Cl)cc2Cl)n1)NC1(C(=O)O)CCC1. The number of thiazole rings is 1. The van der Waals surface area contributed by atoms with Crippen LogP contribution in [-0.2, 0) is 16.0 Å². The molecule has 3 rings (SSSR count). The van der Waals surface area contributed by atoms with Crippen LogP contribution >= 0.6 is 34.5 Å². The molecule has 0 bridgehead atoms. The van der Waals surface area contributed by atoms with E-state index in [1.165, 1.54) is 11.3 Å². The van der Waals surface area contributed by atoms with E-state index in [0.717, 1.165) is 12.0 Å². The second-order valence-corrected chi connectivity index (χ2v) is 7.44. The molecule has 1 fully saturated rings. The van der Waals surface area contributed by atoms with Gasteiger partial charge in [0.2, 0.25) is 5.91 Å². The molecule has 24 heavy (non-hydrogen) atoms. The molecule has 0 saturated heterocycles. The van der Waals surface area contributed by atoms with E-state index in [1.54, 1.807) is 23.6 Å². The van der Waals surface area contributed by atoms with Crippen LogP contribution in [0.1, 0.15) is 25.0 Å². The van der Waals surface area contributed by atoms with E-state index in [4.69, 9.17) is 23.2 Å². The van der Waals surface area contributed by atoms with Gasteiger partial charge in [0, 0.05) is 16.0 Å². The molecule has 0 aliphatic heterocycles. The average molecular weight is 385 g/mol. The molecule has 1 aromatic heterocycles. The number of carboxylic acids is 1. The summed E-state index contributed by atoms with van der Waals surface area (Å²) in [5.74, 6) is -1.31. The highest BCUT2D eigenvalue weighted by molar-refractivity contribution is 7.13. The van der Waals surface area contributed by atoms with Gasteiger partial charge < -0.3 is 10.4 Å². The molecule has 8 heteroatoms. The Morgan fingerprint density at radius 2 is 2.08 bits per heavy atom. The zero-order valence-electron chi connectivity index (χ0n) is 12.5. The Labute approximate surface area is 152 Å². The molecular weight excluding hydrogens is 371 g/mol. The summed E-state index contributed by atoms with van der Waals surface area (Å²) in [4.78, 5) is 27.8. The van der Waals surface area contributed by atoms with Crippen molar-refractivity contribution in [3.05, 3.63) is 39.3 Å². The number of carbonyl (C=O) groups is 2. The van der Waals surface area contributed by atoms with Crippen molar-refractivity contribution in [2.45, 2.75) is 31.2 Å². The molecule has 2 aromatic rings. The van der Waals surface area contributed by atoms with Crippen molar-refractivity contribution < 1.29 is 14.7 Å². The quantitative estimate of drug-likeness (QED) is 0.821. The molecule has 5 nitrogen and oxygen atoms in total. The second kappa shape index (κ2) is 6.70. The number of rotatable bonds is 5. The highest BCUT2D eigenvalue weighted by atomic mass is 35.5.